The van der Waals surface area contributed by atoms with Crippen LogP contribution in [0.15, 0.2) is 60.0 Å². The van der Waals surface area contributed by atoms with Crippen molar-refractivity contribution in [3.63, 3.8) is 0 Å². The fraction of sp³-hybridized carbons (Fsp3) is 0.200. The van der Waals surface area contributed by atoms with Gasteiger partial charge in [-0.3, -0.25) is 9.59 Å². The first-order valence-electron chi connectivity index (χ1n) is 10.6. The van der Waals surface area contributed by atoms with E-state index in [0.29, 0.717) is 17.0 Å². The third-order valence-corrected chi connectivity index (χ3v) is 5.50. The number of rotatable bonds is 9. The highest BCUT2D eigenvalue weighted by atomic mass is 32.1. The topological polar surface area (TPSA) is 111 Å². The van der Waals surface area contributed by atoms with Gasteiger partial charge >= 0.3 is 11.9 Å². The molecule has 0 radical (unpaired) electrons. The van der Waals surface area contributed by atoms with Gasteiger partial charge in [-0.25, -0.2) is 9.59 Å². The molecule has 2 amide bonds. The summed E-state index contributed by atoms with van der Waals surface area (Å²) in [6, 6.07) is 14.5. The number of thiophene rings is 1. The van der Waals surface area contributed by atoms with Gasteiger partial charge in [0.2, 0.25) is 0 Å². The summed E-state index contributed by atoms with van der Waals surface area (Å²) < 4.78 is 10.0. The molecule has 2 N–H and O–H groups in total. The lowest BCUT2D eigenvalue weighted by atomic mass is 10.1. The molecular weight excluding hydrogens is 456 g/mol. The number of anilines is 1. The minimum absolute atomic E-state index is 0.125. The van der Waals surface area contributed by atoms with Crippen LogP contribution in [0.5, 0.6) is 0 Å². The lowest BCUT2D eigenvalue weighted by molar-refractivity contribution is 0.0524. The van der Waals surface area contributed by atoms with Gasteiger partial charge in [-0.1, -0.05) is 18.2 Å². The SMILES string of the molecule is CCOC(=O)c1cc(NC(=O)c2ccc(CNC(=O)c3cccs3)cc2)cc(C(=O)OCC)c1. The third kappa shape index (κ3) is 6.52. The number of amides is 2. The number of nitrogens with one attached hydrogen (secondary N) is 2. The van der Waals surface area contributed by atoms with Crippen molar-refractivity contribution in [2.24, 2.45) is 0 Å². The van der Waals surface area contributed by atoms with E-state index in [2.05, 4.69) is 10.6 Å². The van der Waals surface area contributed by atoms with Crippen molar-refractivity contribution in [2.45, 2.75) is 20.4 Å². The molecule has 0 saturated carbocycles. The Balaban J connectivity index is 1.70. The van der Waals surface area contributed by atoms with Crippen LogP contribution in [0.2, 0.25) is 0 Å². The van der Waals surface area contributed by atoms with Crippen LogP contribution < -0.4 is 10.6 Å². The number of esters is 2. The van der Waals surface area contributed by atoms with E-state index in [1.54, 1.807) is 44.2 Å². The second-order valence-corrected chi connectivity index (χ2v) is 8.00. The van der Waals surface area contributed by atoms with Crippen molar-refractivity contribution in [1.29, 1.82) is 0 Å². The lowest BCUT2D eigenvalue weighted by Crippen LogP contribution is -2.21. The number of carbonyl (C=O) groups is 4. The molecule has 8 nitrogen and oxygen atoms in total. The van der Waals surface area contributed by atoms with Crippen molar-refractivity contribution >= 4 is 40.8 Å². The Bertz CT molecular complexity index is 1140. The summed E-state index contributed by atoms with van der Waals surface area (Å²) in [5.74, 6) is -1.81. The van der Waals surface area contributed by atoms with Gasteiger partial charge < -0.3 is 20.1 Å². The maximum atomic E-state index is 12.7. The summed E-state index contributed by atoms with van der Waals surface area (Å²) >= 11 is 1.36. The molecule has 1 heterocycles. The molecular formula is C25H24N2O6S. The summed E-state index contributed by atoms with van der Waals surface area (Å²) in [5, 5.41) is 7.36. The minimum atomic E-state index is -0.613. The predicted octanol–water partition coefficient (Wildman–Crippen LogP) is 4.28. The summed E-state index contributed by atoms with van der Waals surface area (Å²) in [7, 11) is 0. The van der Waals surface area contributed by atoms with Gasteiger partial charge in [0, 0.05) is 17.8 Å². The van der Waals surface area contributed by atoms with Crippen LogP contribution in [0.1, 0.15) is 60.2 Å². The molecule has 3 aromatic rings. The normalized spacial score (nSPS) is 10.3. The molecule has 1 aromatic heterocycles. The molecule has 0 saturated heterocycles. The standard InChI is InChI=1S/C25H24N2O6S/c1-3-32-24(30)18-12-19(25(31)33-4-2)14-20(13-18)27-22(28)17-9-7-16(8-10-17)15-26-23(29)21-6-5-11-34-21/h5-14H,3-4,15H2,1-2H3,(H,26,29)(H,27,28). The highest BCUT2D eigenvalue weighted by molar-refractivity contribution is 7.12. The molecule has 34 heavy (non-hydrogen) atoms. The fourth-order valence-corrected chi connectivity index (χ4v) is 3.66. The monoisotopic (exact) mass is 480 g/mol. The molecule has 0 fully saturated rings. The number of hydrogen-bond donors (Lipinski definition) is 2. The first kappa shape index (κ1) is 24.7. The van der Waals surface area contributed by atoms with Crippen molar-refractivity contribution in [3.05, 3.63) is 87.1 Å². The summed E-state index contributed by atoms with van der Waals surface area (Å²) in [6.45, 7) is 4.01. The molecule has 176 valence electrons. The van der Waals surface area contributed by atoms with Crippen molar-refractivity contribution in [3.8, 4) is 0 Å². The van der Waals surface area contributed by atoms with E-state index in [4.69, 9.17) is 9.47 Å². The molecule has 0 aliphatic heterocycles. The molecule has 0 spiro atoms. The first-order chi connectivity index (χ1) is 16.4. The van der Waals surface area contributed by atoms with Crippen LogP contribution in [-0.4, -0.2) is 37.0 Å². The van der Waals surface area contributed by atoms with Crippen molar-refractivity contribution < 1.29 is 28.7 Å². The lowest BCUT2D eigenvalue weighted by Gasteiger charge is -2.11. The van der Waals surface area contributed by atoms with E-state index in [-0.39, 0.29) is 35.9 Å². The molecule has 3 rings (SSSR count). The zero-order valence-corrected chi connectivity index (χ0v) is 19.6. The Hall–Kier alpha value is -3.98. The van der Waals surface area contributed by atoms with Gasteiger partial charge in [-0.15, -0.1) is 11.3 Å². The van der Waals surface area contributed by atoms with Crippen LogP contribution in [0, 0.1) is 0 Å². The van der Waals surface area contributed by atoms with Crippen molar-refractivity contribution in [1.82, 2.24) is 5.32 Å². The van der Waals surface area contributed by atoms with Gasteiger partial charge in [-0.05, 0) is 61.2 Å². The Kier molecular flexibility index (Phi) is 8.53. The van der Waals surface area contributed by atoms with Gasteiger partial charge in [0.25, 0.3) is 11.8 Å². The van der Waals surface area contributed by atoms with Crippen LogP contribution in [-0.2, 0) is 16.0 Å². The Labute approximate surface area is 200 Å². The fourth-order valence-electron chi connectivity index (χ4n) is 3.02. The quantitative estimate of drug-likeness (QED) is 0.442. The maximum absolute atomic E-state index is 12.7. The smallest absolute Gasteiger partial charge is 0.338 e. The molecule has 2 aromatic carbocycles. The van der Waals surface area contributed by atoms with Gasteiger partial charge in [0.05, 0.1) is 29.2 Å². The van der Waals surface area contributed by atoms with E-state index < -0.39 is 17.8 Å². The maximum Gasteiger partial charge on any atom is 0.338 e. The molecule has 0 atom stereocenters. The molecule has 9 heteroatoms. The molecule has 0 unspecified atom stereocenters. The zero-order chi connectivity index (χ0) is 24.5. The second-order valence-electron chi connectivity index (χ2n) is 7.05. The summed E-state index contributed by atoms with van der Waals surface area (Å²) in [4.78, 5) is 49.8. The Morgan fingerprint density at radius 3 is 1.94 bits per heavy atom. The van der Waals surface area contributed by atoms with Crippen molar-refractivity contribution in [2.75, 3.05) is 18.5 Å². The average molecular weight is 481 g/mol. The van der Waals surface area contributed by atoms with Gasteiger partial charge in [-0.2, -0.15) is 0 Å². The first-order valence-corrected chi connectivity index (χ1v) is 11.5. The zero-order valence-electron chi connectivity index (χ0n) is 18.8. The highest BCUT2D eigenvalue weighted by Crippen LogP contribution is 2.19. The summed E-state index contributed by atoms with van der Waals surface area (Å²) in [5.41, 5.74) is 1.70. The average Bonchev–Trinajstić information content (AvgIpc) is 3.38. The second kappa shape index (κ2) is 11.8. The van der Waals surface area contributed by atoms with E-state index >= 15 is 0 Å². The minimum Gasteiger partial charge on any atom is -0.462 e. The number of hydrogen-bond acceptors (Lipinski definition) is 7. The van der Waals surface area contributed by atoms with Crippen LogP contribution in [0.4, 0.5) is 5.69 Å². The van der Waals surface area contributed by atoms with Crippen LogP contribution in [0.3, 0.4) is 0 Å². The highest BCUT2D eigenvalue weighted by Gasteiger charge is 2.16. The number of ether oxygens (including phenoxy) is 2. The number of carbonyl (C=O) groups excluding carboxylic acids is 4. The van der Waals surface area contributed by atoms with Crippen LogP contribution in [0.25, 0.3) is 0 Å². The van der Waals surface area contributed by atoms with E-state index in [9.17, 15) is 19.2 Å². The largest absolute Gasteiger partial charge is 0.462 e. The van der Waals surface area contributed by atoms with Gasteiger partial charge in [0.1, 0.15) is 0 Å². The van der Waals surface area contributed by atoms with E-state index in [1.165, 1.54) is 29.5 Å². The van der Waals surface area contributed by atoms with E-state index in [0.717, 1.165) is 5.56 Å². The molecule has 0 aliphatic carbocycles. The Morgan fingerprint density at radius 2 is 1.41 bits per heavy atom. The van der Waals surface area contributed by atoms with Gasteiger partial charge in [0.15, 0.2) is 0 Å². The number of benzene rings is 2. The summed E-state index contributed by atoms with van der Waals surface area (Å²) in [6.07, 6.45) is 0. The van der Waals surface area contributed by atoms with Crippen LogP contribution >= 0.6 is 11.3 Å². The predicted molar refractivity (Wildman–Crippen MR) is 128 cm³/mol. The van der Waals surface area contributed by atoms with E-state index in [1.807, 2.05) is 11.4 Å². The molecule has 0 aliphatic rings. The third-order valence-electron chi connectivity index (χ3n) is 4.63. The molecule has 0 bridgehead atoms. The Morgan fingerprint density at radius 1 is 0.794 bits per heavy atom.